The maximum absolute atomic E-state index is 12.4. The van der Waals surface area contributed by atoms with Gasteiger partial charge in [-0.1, -0.05) is 6.42 Å². The van der Waals surface area contributed by atoms with Crippen LogP contribution >= 0.6 is 0 Å². The predicted molar refractivity (Wildman–Crippen MR) is 95.4 cm³/mol. The van der Waals surface area contributed by atoms with E-state index in [0.29, 0.717) is 23.2 Å². The number of carbonyl (C=O) groups excluding carboxylic acids is 2. The van der Waals surface area contributed by atoms with Gasteiger partial charge in [-0.3, -0.25) is 4.79 Å². The number of piperidine rings is 1. The van der Waals surface area contributed by atoms with Crippen LogP contribution in [0.3, 0.4) is 0 Å². The Balaban J connectivity index is 1.34. The molecule has 3 amide bonds. The summed E-state index contributed by atoms with van der Waals surface area (Å²) in [6.45, 7) is 3.37. The van der Waals surface area contributed by atoms with Crippen LogP contribution < -0.4 is 5.32 Å². The second-order valence-electron chi connectivity index (χ2n) is 7.57. The Hall–Kier alpha value is -2.11. The molecule has 1 aromatic rings. The molecule has 1 aliphatic carbocycles. The summed E-state index contributed by atoms with van der Waals surface area (Å²) in [6.07, 6.45) is 8.73. The van der Waals surface area contributed by atoms with E-state index in [0.717, 1.165) is 39.0 Å². The molecule has 1 aromatic heterocycles. The molecule has 0 spiro atoms. The molecule has 3 fully saturated rings. The third-order valence-corrected chi connectivity index (χ3v) is 5.89. The topological polar surface area (TPSA) is 65.5 Å². The Morgan fingerprint density at radius 1 is 0.960 bits per heavy atom. The third kappa shape index (κ3) is 3.48. The van der Waals surface area contributed by atoms with Crippen molar-refractivity contribution in [2.24, 2.45) is 11.8 Å². The highest BCUT2D eigenvalue weighted by atomic mass is 16.2. The summed E-state index contributed by atoms with van der Waals surface area (Å²) in [5.74, 6) is 1.37. The molecule has 0 radical (unpaired) electrons. The third-order valence-electron chi connectivity index (χ3n) is 5.89. The van der Waals surface area contributed by atoms with Crippen LogP contribution in [0.4, 0.5) is 10.5 Å². The van der Waals surface area contributed by atoms with Gasteiger partial charge >= 0.3 is 6.03 Å². The van der Waals surface area contributed by atoms with Crippen molar-refractivity contribution < 1.29 is 9.59 Å². The molecule has 0 unspecified atom stereocenters. The number of aromatic nitrogens is 1. The van der Waals surface area contributed by atoms with Crippen LogP contribution in [0.2, 0.25) is 0 Å². The van der Waals surface area contributed by atoms with Crippen LogP contribution in [0.15, 0.2) is 18.3 Å². The highest BCUT2D eigenvalue weighted by molar-refractivity contribution is 5.93. The van der Waals surface area contributed by atoms with Gasteiger partial charge in [0.1, 0.15) is 5.69 Å². The zero-order valence-corrected chi connectivity index (χ0v) is 14.6. The highest BCUT2D eigenvalue weighted by Crippen LogP contribution is 2.37. The molecule has 2 atom stereocenters. The minimum Gasteiger partial charge on any atom is -0.337 e. The number of pyridine rings is 1. The van der Waals surface area contributed by atoms with Gasteiger partial charge in [0.25, 0.3) is 5.91 Å². The van der Waals surface area contributed by atoms with Crippen molar-refractivity contribution in [3.05, 3.63) is 24.0 Å². The highest BCUT2D eigenvalue weighted by Gasteiger charge is 2.38. The number of nitrogens with one attached hydrogen (secondary N) is 1. The normalized spacial score (nSPS) is 25.8. The van der Waals surface area contributed by atoms with Crippen LogP contribution in [0.1, 0.15) is 49.0 Å². The smallest absolute Gasteiger partial charge is 0.321 e. The molecular weight excluding hydrogens is 316 g/mol. The Bertz CT molecular complexity index is 627. The lowest BCUT2D eigenvalue weighted by Crippen LogP contribution is -2.36. The van der Waals surface area contributed by atoms with Crippen LogP contribution in [0.5, 0.6) is 0 Å². The fraction of sp³-hybridized carbons (Fsp3) is 0.632. The van der Waals surface area contributed by atoms with E-state index in [4.69, 9.17) is 0 Å². The van der Waals surface area contributed by atoms with Crippen molar-refractivity contribution in [3.63, 3.8) is 0 Å². The fourth-order valence-electron chi connectivity index (χ4n) is 4.46. The second kappa shape index (κ2) is 7.02. The molecule has 3 heterocycles. The van der Waals surface area contributed by atoms with Crippen molar-refractivity contribution >= 4 is 17.6 Å². The maximum atomic E-state index is 12.4. The quantitative estimate of drug-likeness (QED) is 0.898. The Morgan fingerprint density at radius 2 is 1.68 bits per heavy atom. The van der Waals surface area contributed by atoms with E-state index in [1.54, 1.807) is 18.3 Å². The van der Waals surface area contributed by atoms with E-state index < -0.39 is 0 Å². The summed E-state index contributed by atoms with van der Waals surface area (Å²) in [6, 6.07) is 3.44. The molecule has 25 heavy (non-hydrogen) atoms. The molecule has 0 bridgehead atoms. The summed E-state index contributed by atoms with van der Waals surface area (Å²) in [4.78, 5) is 32.9. The van der Waals surface area contributed by atoms with Gasteiger partial charge in [-0.2, -0.15) is 0 Å². The molecule has 134 valence electrons. The average Bonchev–Trinajstić information content (AvgIpc) is 3.24. The van der Waals surface area contributed by atoms with Gasteiger partial charge in [0, 0.05) is 26.2 Å². The Kier molecular flexibility index (Phi) is 4.59. The molecule has 4 rings (SSSR count). The van der Waals surface area contributed by atoms with Crippen molar-refractivity contribution in [3.8, 4) is 0 Å². The summed E-state index contributed by atoms with van der Waals surface area (Å²) in [5, 5.41) is 2.92. The van der Waals surface area contributed by atoms with E-state index in [1.165, 1.54) is 25.7 Å². The summed E-state index contributed by atoms with van der Waals surface area (Å²) < 4.78 is 0. The second-order valence-corrected chi connectivity index (χ2v) is 7.57. The minimum atomic E-state index is -0.0497. The SMILES string of the molecule is O=C(Nc1ccc(C(=O)N2CCCCC2)nc1)N1C[C@H]2CCC[C@H]2C1. The molecule has 1 N–H and O–H groups in total. The number of hydrogen-bond donors (Lipinski definition) is 1. The molecular formula is C19H26N4O2. The molecule has 6 nitrogen and oxygen atoms in total. The number of nitrogens with zero attached hydrogens (tertiary/aromatic N) is 3. The van der Waals surface area contributed by atoms with Gasteiger partial charge in [0.15, 0.2) is 0 Å². The molecule has 2 aliphatic heterocycles. The molecule has 6 heteroatoms. The van der Waals surface area contributed by atoms with Gasteiger partial charge in [0.2, 0.25) is 0 Å². The van der Waals surface area contributed by atoms with E-state index in [9.17, 15) is 9.59 Å². The molecule has 2 saturated heterocycles. The molecule has 1 saturated carbocycles. The first-order valence-corrected chi connectivity index (χ1v) is 9.52. The van der Waals surface area contributed by atoms with Gasteiger partial charge in [0.05, 0.1) is 11.9 Å². The van der Waals surface area contributed by atoms with Crippen LogP contribution in [-0.2, 0) is 0 Å². The van der Waals surface area contributed by atoms with Crippen LogP contribution in [0.25, 0.3) is 0 Å². The largest absolute Gasteiger partial charge is 0.337 e. The average molecular weight is 342 g/mol. The van der Waals surface area contributed by atoms with Crippen molar-refractivity contribution in [2.75, 3.05) is 31.5 Å². The number of anilines is 1. The predicted octanol–water partition coefficient (Wildman–Crippen LogP) is 2.97. The van der Waals surface area contributed by atoms with E-state index in [-0.39, 0.29) is 11.9 Å². The van der Waals surface area contributed by atoms with Gasteiger partial charge in [-0.15, -0.1) is 0 Å². The lowest BCUT2D eigenvalue weighted by Gasteiger charge is -2.26. The fourth-order valence-corrected chi connectivity index (χ4v) is 4.46. The first-order chi connectivity index (χ1) is 12.2. The first-order valence-electron chi connectivity index (χ1n) is 9.52. The molecule has 0 aromatic carbocycles. The van der Waals surface area contributed by atoms with Crippen LogP contribution in [-0.4, -0.2) is 52.9 Å². The van der Waals surface area contributed by atoms with Crippen molar-refractivity contribution in [1.29, 1.82) is 0 Å². The summed E-state index contributed by atoms with van der Waals surface area (Å²) in [5.41, 5.74) is 1.10. The van der Waals surface area contributed by atoms with Crippen LogP contribution in [0, 0.1) is 11.8 Å². The van der Waals surface area contributed by atoms with Crippen molar-refractivity contribution in [2.45, 2.75) is 38.5 Å². The number of amides is 3. The standard InChI is InChI=1S/C19H26N4O2/c24-18(22-9-2-1-3-10-22)17-8-7-16(11-20-17)21-19(25)23-12-14-5-4-6-15(14)13-23/h7-8,11,14-15H,1-6,9-10,12-13H2,(H,21,25)/t14-,15+. The van der Waals surface area contributed by atoms with Gasteiger partial charge < -0.3 is 15.1 Å². The zero-order chi connectivity index (χ0) is 17.2. The number of urea groups is 1. The summed E-state index contributed by atoms with van der Waals surface area (Å²) in [7, 11) is 0. The lowest BCUT2D eigenvalue weighted by molar-refractivity contribution is 0.0718. The summed E-state index contributed by atoms with van der Waals surface area (Å²) >= 11 is 0. The number of likely N-dealkylation sites (tertiary alicyclic amines) is 2. The Labute approximate surface area is 148 Å². The number of hydrogen-bond acceptors (Lipinski definition) is 3. The van der Waals surface area contributed by atoms with E-state index in [1.807, 2.05) is 9.80 Å². The first kappa shape index (κ1) is 16.4. The number of fused-ring (bicyclic) bond motifs is 1. The number of carbonyl (C=O) groups is 2. The van der Waals surface area contributed by atoms with E-state index >= 15 is 0 Å². The minimum absolute atomic E-state index is 0.00931. The Morgan fingerprint density at radius 3 is 2.32 bits per heavy atom. The number of rotatable bonds is 2. The lowest BCUT2D eigenvalue weighted by atomic mass is 10.0. The zero-order valence-electron chi connectivity index (χ0n) is 14.6. The monoisotopic (exact) mass is 342 g/mol. The maximum Gasteiger partial charge on any atom is 0.321 e. The van der Waals surface area contributed by atoms with Gasteiger partial charge in [-0.05, 0) is 56.1 Å². The van der Waals surface area contributed by atoms with Gasteiger partial charge in [-0.25, -0.2) is 9.78 Å². The van der Waals surface area contributed by atoms with E-state index in [2.05, 4.69) is 10.3 Å². The molecule has 3 aliphatic rings. The van der Waals surface area contributed by atoms with Crippen molar-refractivity contribution in [1.82, 2.24) is 14.8 Å².